The number of benzene rings is 1. The predicted octanol–water partition coefficient (Wildman–Crippen LogP) is 5.64. The van der Waals surface area contributed by atoms with E-state index in [-0.39, 0.29) is 17.9 Å². The molecule has 0 saturated carbocycles. The Hall–Kier alpha value is -4.71. The Balaban J connectivity index is 1.67. The van der Waals surface area contributed by atoms with Crippen LogP contribution in [0.1, 0.15) is 23.9 Å². The molecule has 0 amide bonds. The van der Waals surface area contributed by atoms with Crippen LogP contribution in [-0.4, -0.2) is 24.1 Å². The van der Waals surface area contributed by atoms with Gasteiger partial charge in [-0.05, 0) is 53.4 Å². The van der Waals surface area contributed by atoms with Crippen LogP contribution < -0.4 is 5.69 Å². The van der Waals surface area contributed by atoms with Crippen LogP contribution >= 0.6 is 0 Å². The summed E-state index contributed by atoms with van der Waals surface area (Å²) in [5.74, 6) is -3.05. The molecule has 4 heterocycles. The smallest absolute Gasteiger partial charge is 0.265 e. The van der Waals surface area contributed by atoms with E-state index in [0.717, 1.165) is 29.2 Å². The zero-order chi connectivity index (χ0) is 25.4. The largest absolute Gasteiger partial charge is 0.350 e. The normalized spacial score (nSPS) is 11.5. The lowest BCUT2D eigenvalue weighted by Gasteiger charge is -2.12. The molecule has 5 aromatic rings. The van der Waals surface area contributed by atoms with E-state index in [1.807, 2.05) is 30.3 Å². The Morgan fingerprint density at radius 3 is 2.36 bits per heavy atom. The topological polar surface area (TPSA) is 69.4 Å². The fourth-order valence-corrected chi connectivity index (χ4v) is 4.10. The van der Waals surface area contributed by atoms with E-state index >= 15 is 0 Å². The van der Waals surface area contributed by atoms with E-state index in [2.05, 4.69) is 19.9 Å². The minimum Gasteiger partial charge on any atom is -0.265 e. The maximum absolute atomic E-state index is 13.7. The van der Waals surface area contributed by atoms with Crippen molar-refractivity contribution < 1.29 is 8.78 Å². The standard InChI is InChI=1S/C27H20F2N6O/c1-17-20(6-9-23(32-17)27(2,28)29)16-35-26(36)34-15-12-22(18-4-7-21(30-3)8-5-18)24(25(34)33-35)19-10-13-31-14-11-19/h4-15H,16H2,1-2H3. The molecular formula is C27H20F2N6O. The van der Waals surface area contributed by atoms with Crippen molar-refractivity contribution in [3.8, 4) is 22.3 Å². The molecule has 0 aliphatic heterocycles. The average Bonchev–Trinajstić information content (AvgIpc) is 3.19. The van der Waals surface area contributed by atoms with Gasteiger partial charge < -0.3 is 0 Å². The number of nitrogens with zero attached hydrogens (tertiary/aromatic N) is 6. The van der Waals surface area contributed by atoms with Crippen LogP contribution in [0.15, 0.2) is 78.0 Å². The Morgan fingerprint density at radius 1 is 1.00 bits per heavy atom. The lowest BCUT2D eigenvalue weighted by atomic mass is 9.96. The van der Waals surface area contributed by atoms with Crippen LogP contribution in [0.5, 0.6) is 0 Å². The van der Waals surface area contributed by atoms with Crippen LogP contribution in [0.25, 0.3) is 32.7 Å². The molecule has 0 radical (unpaired) electrons. The van der Waals surface area contributed by atoms with Gasteiger partial charge in [0.05, 0.1) is 13.1 Å². The third kappa shape index (κ3) is 4.14. The van der Waals surface area contributed by atoms with Gasteiger partial charge in [0, 0.05) is 36.8 Å². The molecule has 4 aromatic heterocycles. The fraction of sp³-hybridized carbons (Fsp3) is 0.148. The number of aryl methyl sites for hydroxylation is 1. The zero-order valence-corrected chi connectivity index (χ0v) is 19.5. The minimum atomic E-state index is -3.05. The number of hydrogen-bond donors (Lipinski definition) is 0. The van der Waals surface area contributed by atoms with Crippen molar-refractivity contribution in [1.82, 2.24) is 24.1 Å². The van der Waals surface area contributed by atoms with Gasteiger partial charge in [-0.3, -0.25) is 9.97 Å². The highest BCUT2D eigenvalue weighted by Crippen LogP contribution is 2.35. The average molecular weight is 482 g/mol. The van der Waals surface area contributed by atoms with Crippen LogP contribution in [0.4, 0.5) is 14.5 Å². The van der Waals surface area contributed by atoms with Crippen molar-refractivity contribution >= 4 is 11.3 Å². The van der Waals surface area contributed by atoms with Crippen LogP contribution in [0.2, 0.25) is 0 Å². The monoisotopic (exact) mass is 482 g/mol. The third-order valence-corrected chi connectivity index (χ3v) is 6.00. The van der Waals surface area contributed by atoms with Gasteiger partial charge >= 0.3 is 5.69 Å². The molecule has 36 heavy (non-hydrogen) atoms. The summed E-state index contributed by atoms with van der Waals surface area (Å²) >= 11 is 0. The van der Waals surface area contributed by atoms with Gasteiger partial charge in [0.25, 0.3) is 5.92 Å². The first-order valence-corrected chi connectivity index (χ1v) is 11.1. The number of alkyl halides is 2. The number of aromatic nitrogens is 5. The van der Waals surface area contributed by atoms with Gasteiger partial charge in [0.1, 0.15) is 5.69 Å². The molecule has 0 atom stereocenters. The van der Waals surface area contributed by atoms with Crippen molar-refractivity contribution in [3.05, 3.63) is 112 Å². The Bertz CT molecular complexity index is 1680. The second-order valence-corrected chi connectivity index (χ2v) is 8.46. The minimum absolute atomic E-state index is 0.0831. The lowest BCUT2D eigenvalue weighted by Crippen LogP contribution is -2.22. The van der Waals surface area contributed by atoms with Gasteiger partial charge in [-0.2, -0.15) is 8.78 Å². The van der Waals surface area contributed by atoms with Crippen molar-refractivity contribution in [2.75, 3.05) is 0 Å². The number of halogens is 2. The van der Waals surface area contributed by atoms with Gasteiger partial charge in [0.2, 0.25) is 0 Å². The molecule has 0 spiro atoms. The molecule has 0 unspecified atom stereocenters. The molecule has 0 fully saturated rings. The first-order chi connectivity index (χ1) is 17.3. The first-order valence-electron chi connectivity index (χ1n) is 11.1. The van der Waals surface area contributed by atoms with E-state index < -0.39 is 5.92 Å². The fourth-order valence-electron chi connectivity index (χ4n) is 4.10. The van der Waals surface area contributed by atoms with Gasteiger partial charge in [-0.25, -0.2) is 18.7 Å². The molecule has 0 aliphatic carbocycles. The molecule has 0 saturated heterocycles. The van der Waals surface area contributed by atoms with E-state index in [1.54, 1.807) is 43.7 Å². The summed E-state index contributed by atoms with van der Waals surface area (Å²) in [6.07, 6.45) is 5.00. The van der Waals surface area contributed by atoms with E-state index in [4.69, 9.17) is 6.57 Å². The van der Waals surface area contributed by atoms with Gasteiger partial charge in [-0.1, -0.05) is 30.3 Å². The summed E-state index contributed by atoms with van der Waals surface area (Å²) in [7, 11) is 0. The van der Waals surface area contributed by atoms with Crippen molar-refractivity contribution in [2.24, 2.45) is 0 Å². The van der Waals surface area contributed by atoms with Crippen LogP contribution in [0, 0.1) is 13.5 Å². The molecule has 0 bridgehead atoms. The van der Waals surface area contributed by atoms with Crippen molar-refractivity contribution in [2.45, 2.75) is 26.3 Å². The Labute approximate surface area is 205 Å². The maximum Gasteiger partial charge on any atom is 0.350 e. The third-order valence-electron chi connectivity index (χ3n) is 6.00. The predicted molar refractivity (Wildman–Crippen MR) is 132 cm³/mol. The zero-order valence-electron chi connectivity index (χ0n) is 19.5. The number of pyridine rings is 3. The number of rotatable bonds is 5. The molecule has 9 heteroatoms. The first kappa shape index (κ1) is 23.1. The highest BCUT2D eigenvalue weighted by Gasteiger charge is 2.26. The summed E-state index contributed by atoms with van der Waals surface area (Å²) in [6, 6.07) is 15.6. The Morgan fingerprint density at radius 2 is 1.72 bits per heavy atom. The molecule has 1 aromatic carbocycles. The van der Waals surface area contributed by atoms with Gasteiger partial charge in [-0.15, -0.1) is 5.10 Å². The summed E-state index contributed by atoms with van der Waals surface area (Å²) in [5.41, 5.74) is 4.60. The summed E-state index contributed by atoms with van der Waals surface area (Å²) in [5, 5.41) is 4.64. The van der Waals surface area contributed by atoms with Crippen LogP contribution in [-0.2, 0) is 12.5 Å². The van der Waals surface area contributed by atoms with E-state index in [0.29, 0.717) is 22.6 Å². The summed E-state index contributed by atoms with van der Waals surface area (Å²) in [6.45, 7) is 9.73. The summed E-state index contributed by atoms with van der Waals surface area (Å²) < 4.78 is 30.1. The second kappa shape index (κ2) is 8.82. The lowest BCUT2D eigenvalue weighted by molar-refractivity contribution is 0.0126. The Kier molecular flexibility index (Phi) is 5.65. The van der Waals surface area contributed by atoms with E-state index in [1.165, 1.54) is 15.1 Å². The maximum atomic E-state index is 13.7. The quantitative estimate of drug-likeness (QED) is 0.304. The number of fused-ring (bicyclic) bond motifs is 1. The summed E-state index contributed by atoms with van der Waals surface area (Å²) in [4.78, 5) is 24.8. The van der Waals surface area contributed by atoms with Crippen molar-refractivity contribution in [3.63, 3.8) is 0 Å². The molecule has 0 N–H and O–H groups in total. The van der Waals surface area contributed by atoms with Crippen molar-refractivity contribution in [1.29, 1.82) is 0 Å². The SMILES string of the molecule is [C-]#[N+]c1ccc(-c2ccn3c(=O)n(Cc4ccc(C(C)(F)F)nc4C)nc3c2-c2ccncc2)cc1. The molecule has 178 valence electrons. The molecule has 7 nitrogen and oxygen atoms in total. The highest BCUT2D eigenvalue weighted by atomic mass is 19.3. The second-order valence-electron chi connectivity index (χ2n) is 8.46. The molecule has 0 aliphatic rings. The van der Waals surface area contributed by atoms with Crippen LogP contribution in [0.3, 0.4) is 0 Å². The highest BCUT2D eigenvalue weighted by molar-refractivity contribution is 5.91. The number of hydrogen-bond acceptors (Lipinski definition) is 4. The molecule has 5 rings (SSSR count). The van der Waals surface area contributed by atoms with E-state index in [9.17, 15) is 13.6 Å². The van der Waals surface area contributed by atoms with Gasteiger partial charge in [0.15, 0.2) is 11.3 Å². The molecular weight excluding hydrogens is 462 g/mol.